The first-order chi connectivity index (χ1) is 14.5. The Morgan fingerprint density at radius 3 is 2.32 bits per heavy atom. The van der Waals surface area contributed by atoms with Gasteiger partial charge in [-0.2, -0.15) is 0 Å². The van der Waals surface area contributed by atoms with Crippen LogP contribution in [0.5, 0.6) is 5.75 Å². The van der Waals surface area contributed by atoms with Crippen LogP contribution in [0.25, 0.3) is 0 Å². The minimum Gasteiger partial charge on any atom is -0.464 e. The largest absolute Gasteiger partial charge is 0.464 e. The van der Waals surface area contributed by atoms with Gasteiger partial charge < -0.3 is 24.1 Å². The van der Waals surface area contributed by atoms with Gasteiger partial charge in [-0.1, -0.05) is 18.2 Å². The topological polar surface area (TPSA) is 128 Å². The SMILES string of the molecule is COC(=O)c1nc(CCN(C)C(=O)OC(C)(C)C)[nH]c(=O)c1OC(=O)c1ccccc1. The third-order valence-electron chi connectivity index (χ3n) is 3.90. The number of aromatic amines is 1. The summed E-state index contributed by atoms with van der Waals surface area (Å²) in [5.41, 5.74) is -1.72. The lowest BCUT2D eigenvalue weighted by Crippen LogP contribution is -2.35. The fourth-order valence-electron chi connectivity index (χ4n) is 2.39. The fraction of sp³-hybridized carbons (Fsp3) is 0.381. The number of methoxy groups -OCH3 is 1. The van der Waals surface area contributed by atoms with E-state index in [1.807, 2.05) is 0 Å². The standard InChI is InChI=1S/C21H25N3O7/c1-21(2,3)31-20(28)24(4)12-11-14-22-15(19(27)29-5)16(17(25)23-14)30-18(26)13-9-7-6-8-10-13/h6-10H,11-12H2,1-5H3,(H,22,23,25). The van der Waals surface area contributed by atoms with E-state index in [0.29, 0.717) is 0 Å². The van der Waals surface area contributed by atoms with Crippen molar-refractivity contribution in [3.63, 3.8) is 0 Å². The van der Waals surface area contributed by atoms with Gasteiger partial charge in [0.1, 0.15) is 11.4 Å². The second-order valence-electron chi connectivity index (χ2n) is 7.59. The van der Waals surface area contributed by atoms with E-state index in [4.69, 9.17) is 9.47 Å². The van der Waals surface area contributed by atoms with E-state index < -0.39 is 40.6 Å². The molecule has 1 aromatic heterocycles. The minimum absolute atomic E-state index is 0.111. The average Bonchev–Trinajstić information content (AvgIpc) is 2.72. The van der Waals surface area contributed by atoms with Crippen LogP contribution < -0.4 is 10.3 Å². The number of carbonyl (C=O) groups is 3. The first kappa shape index (κ1) is 23.6. The highest BCUT2D eigenvalue weighted by Crippen LogP contribution is 2.15. The minimum atomic E-state index is -0.941. The third-order valence-corrected chi connectivity index (χ3v) is 3.90. The maximum absolute atomic E-state index is 12.5. The Labute approximate surface area is 179 Å². The molecule has 1 amide bonds. The summed E-state index contributed by atoms with van der Waals surface area (Å²) in [4.78, 5) is 56.9. The van der Waals surface area contributed by atoms with Gasteiger partial charge in [0.15, 0.2) is 5.69 Å². The molecule has 0 unspecified atom stereocenters. The summed E-state index contributed by atoms with van der Waals surface area (Å²) < 4.78 is 15.1. The van der Waals surface area contributed by atoms with Gasteiger partial charge in [-0.05, 0) is 32.9 Å². The first-order valence-corrected chi connectivity index (χ1v) is 9.44. The van der Waals surface area contributed by atoms with E-state index in [1.54, 1.807) is 39.0 Å². The molecule has 0 saturated heterocycles. The highest BCUT2D eigenvalue weighted by molar-refractivity contribution is 5.94. The molecule has 0 bridgehead atoms. The number of likely N-dealkylation sites (N-methyl/N-ethyl adjacent to an activating group) is 1. The van der Waals surface area contributed by atoms with Gasteiger partial charge in [-0.3, -0.25) is 4.79 Å². The van der Waals surface area contributed by atoms with Gasteiger partial charge in [0.2, 0.25) is 5.75 Å². The molecule has 0 spiro atoms. The molecule has 2 aromatic rings. The van der Waals surface area contributed by atoms with E-state index in [2.05, 4.69) is 14.7 Å². The molecular formula is C21H25N3O7. The van der Waals surface area contributed by atoms with E-state index >= 15 is 0 Å². The number of nitrogens with one attached hydrogen (secondary N) is 1. The van der Waals surface area contributed by atoms with Crippen molar-refractivity contribution in [2.75, 3.05) is 20.7 Å². The van der Waals surface area contributed by atoms with Crippen molar-refractivity contribution < 1.29 is 28.6 Å². The predicted molar refractivity (Wildman–Crippen MR) is 110 cm³/mol. The molecule has 0 radical (unpaired) electrons. The van der Waals surface area contributed by atoms with Crippen LogP contribution in [0.2, 0.25) is 0 Å². The molecule has 0 atom stereocenters. The van der Waals surface area contributed by atoms with Crippen LogP contribution in [0.3, 0.4) is 0 Å². The lowest BCUT2D eigenvalue weighted by atomic mass is 10.2. The molecule has 10 heteroatoms. The Hall–Kier alpha value is -3.69. The number of aromatic nitrogens is 2. The lowest BCUT2D eigenvalue weighted by Gasteiger charge is -2.24. The zero-order chi connectivity index (χ0) is 23.2. The number of hydrogen-bond donors (Lipinski definition) is 1. The zero-order valence-corrected chi connectivity index (χ0v) is 18.1. The van der Waals surface area contributed by atoms with E-state index in [1.165, 1.54) is 24.1 Å². The van der Waals surface area contributed by atoms with Crippen molar-refractivity contribution in [2.45, 2.75) is 32.8 Å². The number of ether oxygens (including phenoxy) is 3. The fourth-order valence-corrected chi connectivity index (χ4v) is 2.39. The number of rotatable bonds is 6. The quantitative estimate of drug-likeness (QED) is 0.690. The van der Waals surface area contributed by atoms with Crippen molar-refractivity contribution in [2.24, 2.45) is 0 Å². The average molecular weight is 431 g/mol. The van der Waals surface area contributed by atoms with Gasteiger partial charge >= 0.3 is 18.0 Å². The van der Waals surface area contributed by atoms with Crippen LogP contribution in [-0.4, -0.2) is 59.2 Å². The molecule has 0 aliphatic rings. The number of nitrogens with zero attached hydrogens (tertiary/aromatic N) is 2. The Morgan fingerprint density at radius 2 is 1.74 bits per heavy atom. The van der Waals surface area contributed by atoms with Crippen molar-refractivity contribution in [3.05, 3.63) is 57.8 Å². The van der Waals surface area contributed by atoms with E-state index in [9.17, 15) is 19.2 Å². The lowest BCUT2D eigenvalue weighted by molar-refractivity contribution is 0.0299. The molecule has 31 heavy (non-hydrogen) atoms. The Morgan fingerprint density at radius 1 is 1.10 bits per heavy atom. The van der Waals surface area contributed by atoms with Crippen molar-refractivity contribution in [1.29, 1.82) is 0 Å². The molecule has 1 N–H and O–H groups in total. The van der Waals surface area contributed by atoms with Crippen LogP contribution >= 0.6 is 0 Å². The van der Waals surface area contributed by atoms with Gasteiger partial charge in [0.05, 0.1) is 12.7 Å². The summed E-state index contributed by atoms with van der Waals surface area (Å²) >= 11 is 0. The first-order valence-electron chi connectivity index (χ1n) is 9.44. The molecule has 1 heterocycles. The molecule has 0 saturated carbocycles. The van der Waals surface area contributed by atoms with Crippen LogP contribution in [0, 0.1) is 0 Å². The zero-order valence-electron chi connectivity index (χ0n) is 18.1. The summed E-state index contributed by atoms with van der Waals surface area (Å²) in [5, 5.41) is 0. The van der Waals surface area contributed by atoms with Crippen LogP contribution in [0.15, 0.2) is 35.1 Å². The predicted octanol–water partition coefficient (Wildman–Crippen LogP) is 2.19. The second-order valence-corrected chi connectivity index (χ2v) is 7.59. The molecule has 10 nitrogen and oxygen atoms in total. The highest BCUT2D eigenvalue weighted by atomic mass is 16.6. The number of H-pyrrole nitrogens is 1. The molecule has 2 rings (SSSR count). The van der Waals surface area contributed by atoms with Crippen molar-refractivity contribution >= 4 is 18.0 Å². The molecule has 166 valence electrons. The van der Waals surface area contributed by atoms with Crippen molar-refractivity contribution in [3.8, 4) is 5.75 Å². The molecule has 0 aliphatic carbocycles. The summed E-state index contributed by atoms with van der Waals surface area (Å²) in [6.07, 6.45) is -0.432. The second kappa shape index (κ2) is 9.88. The summed E-state index contributed by atoms with van der Waals surface area (Å²) in [6, 6.07) is 7.98. The van der Waals surface area contributed by atoms with Crippen LogP contribution in [0.4, 0.5) is 4.79 Å². The number of carbonyl (C=O) groups excluding carboxylic acids is 3. The Bertz CT molecular complexity index is 1010. The normalized spacial score (nSPS) is 10.9. The van der Waals surface area contributed by atoms with E-state index in [-0.39, 0.29) is 24.4 Å². The number of benzene rings is 1. The molecular weight excluding hydrogens is 406 g/mol. The monoisotopic (exact) mass is 431 g/mol. The summed E-state index contributed by atoms with van der Waals surface area (Å²) in [7, 11) is 2.65. The maximum atomic E-state index is 12.5. The van der Waals surface area contributed by atoms with Gasteiger partial charge in [0.25, 0.3) is 5.56 Å². The van der Waals surface area contributed by atoms with Crippen LogP contribution in [0.1, 0.15) is 47.4 Å². The Balaban J connectivity index is 2.23. The highest BCUT2D eigenvalue weighted by Gasteiger charge is 2.24. The van der Waals surface area contributed by atoms with Crippen LogP contribution in [-0.2, 0) is 15.9 Å². The van der Waals surface area contributed by atoms with E-state index in [0.717, 1.165) is 7.11 Å². The number of esters is 2. The third kappa shape index (κ3) is 6.66. The Kier molecular flexibility index (Phi) is 7.51. The van der Waals surface area contributed by atoms with Gasteiger partial charge in [-0.15, -0.1) is 0 Å². The maximum Gasteiger partial charge on any atom is 0.410 e. The van der Waals surface area contributed by atoms with Crippen molar-refractivity contribution in [1.82, 2.24) is 14.9 Å². The molecule has 1 aromatic carbocycles. The van der Waals surface area contributed by atoms with Gasteiger partial charge in [0, 0.05) is 20.0 Å². The molecule has 0 fully saturated rings. The number of hydrogen-bond acceptors (Lipinski definition) is 8. The molecule has 0 aliphatic heterocycles. The van der Waals surface area contributed by atoms with Gasteiger partial charge in [-0.25, -0.2) is 19.4 Å². The smallest absolute Gasteiger partial charge is 0.410 e. The summed E-state index contributed by atoms with van der Waals surface area (Å²) in [5.74, 6) is -2.22. The number of amides is 1. The summed E-state index contributed by atoms with van der Waals surface area (Å²) in [6.45, 7) is 5.39.